The number of nitrogens with zero attached hydrogens (tertiary/aromatic N) is 2. The number of aryl methyl sites for hydroxylation is 1. The van der Waals surface area contributed by atoms with Crippen LogP contribution in [0.1, 0.15) is 37.9 Å². The van der Waals surface area contributed by atoms with E-state index in [0.717, 1.165) is 43.6 Å². The van der Waals surface area contributed by atoms with Crippen molar-refractivity contribution in [1.82, 2.24) is 4.98 Å². The Hall–Kier alpha value is -1.61. The van der Waals surface area contributed by atoms with Crippen LogP contribution in [0.15, 0.2) is 24.3 Å². The molecule has 1 atom stereocenters. The largest absolute Gasteiger partial charge is 0.393 e. The summed E-state index contributed by atoms with van der Waals surface area (Å²) in [5.74, 6) is 0.440. The molecule has 1 unspecified atom stereocenters. The molecule has 0 amide bonds. The molecule has 0 saturated carbocycles. The SMILES string of the molecule is CCc1c(C)nc2ccccc2c1N1CCC(C(C)O)CC1. The van der Waals surface area contributed by atoms with E-state index in [-0.39, 0.29) is 6.10 Å². The zero-order valence-electron chi connectivity index (χ0n) is 13.8. The van der Waals surface area contributed by atoms with Gasteiger partial charge >= 0.3 is 0 Å². The van der Waals surface area contributed by atoms with Gasteiger partial charge in [-0.3, -0.25) is 4.98 Å². The summed E-state index contributed by atoms with van der Waals surface area (Å²) in [6.07, 6.45) is 2.95. The first-order valence-corrected chi connectivity index (χ1v) is 8.43. The number of anilines is 1. The predicted octanol–water partition coefficient (Wildman–Crippen LogP) is 3.70. The maximum absolute atomic E-state index is 9.82. The number of hydrogen-bond donors (Lipinski definition) is 1. The number of fused-ring (bicyclic) bond motifs is 1. The Labute approximate surface area is 133 Å². The van der Waals surface area contributed by atoms with E-state index < -0.39 is 0 Å². The van der Waals surface area contributed by atoms with Gasteiger partial charge in [0.15, 0.2) is 0 Å². The summed E-state index contributed by atoms with van der Waals surface area (Å²) in [7, 11) is 0. The van der Waals surface area contributed by atoms with Gasteiger partial charge in [0.2, 0.25) is 0 Å². The van der Waals surface area contributed by atoms with Crippen LogP contribution < -0.4 is 4.90 Å². The Kier molecular flexibility index (Phi) is 4.34. The van der Waals surface area contributed by atoms with Crippen molar-refractivity contribution in [2.45, 2.75) is 46.1 Å². The van der Waals surface area contributed by atoms with Gasteiger partial charge in [0.05, 0.1) is 17.3 Å². The number of para-hydroxylation sites is 1. The van der Waals surface area contributed by atoms with Gasteiger partial charge in [-0.05, 0) is 50.7 Å². The molecule has 22 heavy (non-hydrogen) atoms. The van der Waals surface area contributed by atoms with Gasteiger partial charge in [-0.2, -0.15) is 0 Å². The summed E-state index contributed by atoms with van der Waals surface area (Å²) in [6.45, 7) is 8.30. The third-order valence-corrected chi connectivity index (χ3v) is 5.06. The van der Waals surface area contributed by atoms with Crippen LogP contribution in [0.5, 0.6) is 0 Å². The highest BCUT2D eigenvalue weighted by Crippen LogP contribution is 2.35. The van der Waals surface area contributed by atoms with E-state index in [4.69, 9.17) is 4.98 Å². The molecule has 1 aliphatic heterocycles. The zero-order chi connectivity index (χ0) is 15.7. The fourth-order valence-electron chi connectivity index (χ4n) is 3.74. The van der Waals surface area contributed by atoms with Crippen LogP contribution >= 0.6 is 0 Å². The Balaban J connectivity index is 2.02. The van der Waals surface area contributed by atoms with E-state index in [2.05, 4.69) is 43.0 Å². The average Bonchev–Trinajstić information content (AvgIpc) is 2.53. The van der Waals surface area contributed by atoms with Crippen LogP contribution in [0.3, 0.4) is 0 Å². The lowest BCUT2D eigenvalue weighted by molar-refractivity contribution is 0.110. The van der Waals surface area contributed by atoms with E-state index in [1.165, 1.54) is 16.6 Å². The van der Waals surface area contributed by atoms with Gasteiger partial charge in [0, 0.05) is 24.2 Å². The Morgan fingerprint density at radius 2 is 1.95 bits per heavy atom. The first-order valence-electron chi connectivity index (χ1n) is 8.43. The second-order valence-electron chi connectivity index (χ2n) is 6.46. The molecule has 3 nitrogen and oxygen atoms in total. The topological polar surface area (TPSA) is 36.4 Å². The van der Waals surface area contributed by atoms with Gasteiger partial charge in [-0.25, -0.2) is 0 Å². The van der Waals surface area contributed by atoms with Crippen molar-refractivity contribution in [3.05, 3.63) is 35.5 Å². The van der Waals surface area contributed by atoms with Gasteiger partial charge in [-0.15, -0.1) is 0 Å². The van der Waals surface area contributed by atoms with Crippen molar-refractivity contribution >= 4 is 16.6 Å². The first kappa shape index (κ1) is 15.3. The molecule has 1 aromatic carbocycles. The fraction of sp³-hybridized carbons (Fsp3) is 0.526. The van der Waals surface area contributed by atoms with Crippen molar-refractivity contribution in [2.24, 2.45) is 5.92 Å². The van der Waals surface area contributed by atoms with Gasteiger partial charge in [0.25, 0.3) is 0 Å². The minimum Gasteiger partial charge on any atom is -0.393 e. The molecule has 2 aromatic rings. The second kappa shape index (κ2) is 6.25. The smallest absolute Gasteiger partial charge is 0.0726 e. The maximum atomic E-state index is 9.82. The van der Waals surface area contributed by atoms with Crippen LogP contribution in [0.25, 0.3) is 10.9 Å². The highest BCUT2D eigenvalue weighted by Gasteiger charge is 2.25. The number of piperidine rings is 1. The molecule has 1 saturated heterocycles. The molecule has 0 aliphatic carbocycles. The summed E-state index contributed by atoms with van der Waals surface area (Å²) in [6, 6.07) is 8.46. The molecule has 1 aromatic heterocycles. The third-order valence-electron chi connectivity index (χ3n) is 5.06. The standard InChI is InChI=1S/C19H26N2O/c1-4-16-13(2)20-18-8-6-5-7-17(18)19(16)21-11-9-15(10-12-21)14(3)22/h5-8,14-15,22H,4,9-12H2,1-3H3. The van der Waals surface area contributed by atoms with Crippen LogP contribution in [0.4, 0.5) is 5.69 Å². The number of aromatic nitrogens is 1. The van der Waals surface area contributed by atoms with Crippen molar-refractivity contribution < 1.29 is 5.11 Å². The van der Waals surface area contributed by atoms with Crippen molar-refractivity contribution in [3.8, 4) is 0 Å². The predicted molar refractivity (Wildman–Crippen MR) is 92.5 cm³/mol. The van der Waals surface area contributed by atoms with Gasteiger partial charge in [-0.1, -0.05) is 25.1 Å². The Bertz CT molecular complexity index is 658. The second-order valence-corrected chi connectivity index (χ2v) is 6.46. The Morgan fingerprint density at radius 3 is 2.59 bits per heavy atom. The van der Waals surface area contributed by atoms with Crippen LogP contribution in [0, 0.1) is 12.8 Å². The lowest BCUT2D eigenvalue weighted by Gasteiger charge is -2.36. The lowest BCUT2D eigenvalue weighted by Crippen LogP contribution is -2.37. The summed E-state index contributed by atoms with van der Waals surface area (Å²) in [5.41, 5.74) is 4.97. The van der Waals surface area contributed by atoms with E-state index in [1.54, 1.807) is 0 Å². The van der Waals surface area contributed by atoms with Crippen LogP contribution in [0.2, 0.25) is 0 Å². The fourth-order valence-corrected chi connectivity index (χ4v) is 3.74. The maximum Gasteiger partial charge on any atom is 0.0726 e. The number of benzene rings is 1. The van der Waals surface area contributed by atoms with Crippen molar-refractivity contribution in [3.63, 3.8) is 0 Å². The van der Waals surface area contributed by atoms with Gasteiger partial charge < -0.3 is 10.0 Å². The van der Waals surface area contributed by atoms with E-state index in [0.29, 0.717) is 5.92 Å². The quantitative estimate of drug-likeness (QED) is 0.938. The molecule has 3 rings (SSSR count). The molecule has 0 spiro atoms. The van der Waals surface area contributed by atoms with Crippen molar-refractivity contribution in [1.29, 1.82) is 0 Å². The van der Waals surface area contributed by atoms with Gasteiger partial charge in [0.1, 0.15) is 0 Å². The average molecular weight is 298 g/mol. The number of aliphatic hydroxyl groups excluding tert-OH is 1. The van der Waals surface area contributed by atoms with Crippen LogP contribution in [-0.4, -0.2) is 29.3 Å². The number of hydrogen-bond acceptors (Lipinski definition) is 3. The number of aliphatic hydroxyl groups is 1. The highest BCUT2D eigenvalue weighted by atomic mass is 16.3. The van der Waals surface area contributed by atoms with Crippen LogP contribution in [-0.2, 0) is 6.42 Å². The molecule has 1 fully saturated rings. The summed E-state index contributed by atoms with van der Waals surface area (Å²) >= 11 is 0. The molecule has 0 radical (unpaired) electrons. The lowest BCUT2D eigenvalue weighted by atomic mass is 9.91. The van der Waals surface area contributed by atoms with E-state index in [1.807, 2.05) is 6.92 Å². The normalized spacial score (nSPS) is 17.9. The molecule has 118 valence electrons. The summed E-state index contributed by atoms with van der Waals surface area (Å²) in [4.78, 5) is 7.29. The molecule has 1 N–H and O–H groups in total. The molecule has 0 bridgehead atoms. The summed E-state index contributed by atoms with van der Waals surface area (Å²) in [5, 5.41) is 11.1. The monoisotopic (exact) mass is 298 g/mol. The molecule has 1 aliphatic rings. The number of pyridine rings is 1. The zero-order valence-corrected chi connectivity index (χ0v) is 13.8. The minimum absolute atomic E-state index is 0.191. The van der Waals surface area contributed by atoms with Crippen molar-refractivity contribution in [2.75, 3.05) is 18.0 Å². The molecular weight excluding hydrogens is 272 g/mol. The first-order chi connectivity index (χ1) is 10.6. The van der Waals surface area contributed by atoms with E-state index >= 15 is 0 Å². The molecule has 2 heterocycles. The van der Waals surface area contributed by atoms with E-state index in [9.17, 15) is 5.11 Å². The summed E-state index contributed by atoms with van der Waals surface area (Å²) < 4.78 is 0. The Morgan fingerprint density at radius 1 is 1.27 bits per heavy atom. The third kappa shape index (κ3) is 2.70. The molecular formula is C19H26N2O. The molecule has 3 heteroatoms. The highest BCUT2D eigenvalue weighted by molar-refractivity contribution is 5.94. The minimum atomic E-state index is -0.191. The number of rotatable bonds is 3.